The summed E-state index contributed by atoms with van der Waals surface area (Å²) in [6.45, 7) is 2.10. The van der Waals surface area contributed by atoms with Gasteiger partial charge in [-0.1, -0.05) is 24.3 Å². The lowest BCUT2D eigenvalue weighted by Crippen LogP contribution is -2.47. The number of nitrogens with zero attached hydrogens (tertiary/aromatic N) is 2. The second kappa shape index (κ2) is 8.61. The van der Waals surface area contributed by atoms with E-state index in [0.29, 0.717) is 30.8 Å². The Morgan fingerprint density at radius 1 is 1.14 bits per heavy atom. The lowest BCUT2D eigenvalue weighted by atomic mass is 9.94. The average Bonchev–Trinajstić information content (AvgIpc) is 3.25. The Kier molecular flexibility index (Phi) is 5.58. The van der Waals surface area contributed by atoms with E-state index >= 15 is 0 Å². The molecule has 5 amide bonds. The first-order chi connectivity index (χ1) is 16.8. The van der Waals surface area contributed by atoms with Crippen molar-refractivity contribution in [3.05, 3.63) is 59.2 Å². The number of imide groups is 1. The summed E-state index contributed by atoms with van der Waals surface area (Å²) in [6.07, 6.45) is -0.0538. The number of carbonyl (C=O) groups is 4. The van der Waals surface area contributed by atoms with Gasteiger partial charge in [-0.15, -0.1) is 0 Å². The summed E-state index contributed by atoms with van der Waals surface area (Å²) in [4.78, 5) is 53.7. The Labute approximate surface area is 202 Å². The molecule has 3 aliphatic rings. The number of anilines is 1. The fourth-order valence-corrected chi connectivity index (χ4v) is 4.90. The van der Waals surface area contributed by atoms with Crippen molar-refractivity contribution in [3.8, 4) is 5.75 Å². The van der Waals surface area contributed by atoms with E-state index in [-0.39, 0.29) is 24.4 Å². The summed E-state index contributed by atoms with van der Waals surface area (Å²) in [5, 5.41) is 5.18. The van der Waals surface area contributed by atoms with E-state index in [1.54, 1.807) is 23.1 Å². The van der Waals surface area contributed by atoms with Gasteiger partial charge in [0.1, 0.15) is 18.9 Å². The van der Waals surface area contributed by atoms with Crippen molar-refractivity contribution in [1.82, 2.24) is 15.1 Å². The van der Waals surface area contributed by atoms with Gasteiger partial charge in [0, 0.05) is 36.8 Å². The molecular formula is C25H26N4O6. The van der Waals surface area contributed by atoms with E-state index in [1.807, 2.05) is 31.2 Å². The van der Waals surface area contributed by atoms with Gasteiger partial charge in [-0.05, 0) is 37.1 Å². The van der Waals surface area contributed by atoms with Crippen LogP contribution >= 0.6 is 0 Å². The van der Waals surface area contributed by atoms with Crippen molar-refractivity contribution in [2.75, 3.05) is 25.5 Å². The fourth-order valence-electron chi connectivity index (χ4n) is 4.90. The fraction of sp³-hybridized carbons (Fsp3) is 0.360. The molecule has 10 heteroatoms. The smallest absolute Gasteiger partial charge is 0.418 e. The SMILES string of the molecule is CNC(=O)Nc1ccc2c(c1)CC[C@]21OC(=O)N(CC(=O)N2Cc3ccccc3OC[C@H]2C)C1=O. The van der Waals surface area contributed by atoms with Gasteiger partial charge in [-0.3, -0.25) is 9.59 Å². The number of aryl methyl sites for hydroxylation is 1. The van der Waals surface area contributed by atoms with Crippen LogP contribution in [0, 0.1) is 0 Å². The summed E-state index contributed by atoms with van der Waals surface area (Å²) in [6, 6.07) is 12.0. The number of urea groups is 1. The molecule has 0 aromatic heterocycles. The van der Waals surface area contributed by atoms with Gasteiger partial charge in [0.25, 0.3) is 5.91 Å². The number of rotatable bonds is 3. The molecule has 35 heavy (non-hydrogen) atoms. The first-order valence-corrected chi connectivity index (χ1v) is 11.5. The lowest BCUT2D eigenvalue weighted by Gasteiger charge is -2.27. The van der Waals surface area contributed by atoms with Crippen LogP contribution in [0.15, 0.2) is 42.5 Å². The number of ether oxygens (including phenoxy) is 2. The third-order valence-electron chi connectivity index (χ3n) is 6.78. The van der Waals surface area contributed by atoms with Gasteiger partial charge in [-0.25, -0.2) is 14.5 Å². The first kappa shape index (κ1) is 22.7. The maximum absolute atomic E-state index is 13.5. The van der Waals surface area contributed by atoms with Crippen molar-refractivity contribution in [3.63, 3.8) is 0 Å². The zero-order valence-electron chi connectivity index (χ0n) is 19.5. The van der Waals surface area contributed by atoms with E-state index in [9.17, 15) is 19.2 Å². The standard InChI is InChI=1S/C25H26N4O6/c1-15-14-34-20-6-4-3-5-17(20)12-28(15)21(30)13-29-22(31)25(35-24(29)33)10-9-16-11-18(7-8-19(16)25)27-23(32)26-2/h3-8,11,15H,9-10,12-14H2,1-2H3,(H2,26,27,32)/t15-,25+/m1/s1. The minimum atomic E-state index is -1.45. The average molecular weight is 479 g/mol. The van der Waals surface area contributed by atoms with Crippen molar-refractivity contribution in [2.45, 2.75) is 38.0 Å². The van der Waals surface area contributed by atoms with Crippen LogP contribution in [0.4, 0.5) is 15.3 Å². The van der Waals surface area contributed by atoms with Crippen LogP contribution in [0.3, 0.4) is 0 Å². The number of benzene rings is 2. The first-order valence-electron chi connectivity index (χ1n) is 11.5. The van der Waals surface area contributed by atoms with Gasteiger partial charge in [0.05, 0.1) is 6.04 Å². The molecule has 0 unspecified atom stereocenters. The highest BCUT2D eigenvalue weighted by molar-refractivity contribution is 6.06. The lowest BCUT2D eigenvalue weighted by molar-refractivity contribution is -0.143. The van der Waals surface area contributed by atoms with Crippen LogP contribution in [0.2, 0.25) is 0 Å². The second-order valence-electron chi connectivity index (χ2n) is 8.95. The van der Waals surface area contributed by atoms with Crippen LogP contribution in [0.25, 0.3) is 0 Å². The molecule has 10 nitrogen and oxygen atoms in total. The minimum Gasteiger partial charge on any atom is -0.491 e. The highest BCUT2D eigenvalue weighted by atomic mass is 16.6. The quantitative estimate of drug-likeness (QED) is 0.700. The topological polar surface area (TPSA) is 117 Å². The van der Waals surface area contributed by atoms with Crippen molar-refractivity contribution in [1.29, 1.82) is 0 Å². The maximum atomic E-state index is 13.5. The Bertz CT molecular complexity index is 1230. The summed E-state index contributed by atoms with van der Waals surface area (Å²) in [5.41, 5.74) is 1.38. The Hall–Kier alpha value is -4.08. The molecule has 0 saturated carbocycles. The van der Waals surface area contributed by atoms with E-state index in [0.717, 1.165) is 21.8 Å². The number of nitrogens with one attached hydrogen (secondary N) is 2. The third-order valence-corrected chi connectivity index (χ3v) is 6.78. The third kappa shape index (κ3) is 3.84. The number of hydrogen-bond donors (Lipinski definition) is 2. The number of fused-ring (bicyclic) bond motifs is 3. The van der Waals surface area contributed by atoms with E-state index in [1.165, 1.54) is 7.05 Å². The predicted molar refractivity (Wildman–Crippen MR) is 125 cm³/mol. The Morgan fingerprint density at radius 3 is 2.74 bits per heavy atom. The molecule has 2 heterocycles. The molecule has 1 spiro atoms. The van der Waals surface area contributed by atoms with Crippen molar-refractivity contribution >= 4 is 29.6 Å². The van der Waals surface area contributed by atoms with Gasteiger partial charge in [0.2, 0.25) is 11.5 Å². The van der Waals surface area contributed by atoms with Crippen LogP contribution in [-0.2, 0) is 32.9 Å². The van der Waals surface area contributed by atoms with Gasteiger partial charge in [0.15, 0.2) is 0 Å². The minimum absolute atomic E-state index is 0.240. The number of carbonyl (C=O) groups excluding carboxylic acids is 4. The molecule has 0 bridgehead atoms. The molecule has 2 atom stereocenters. The largest absolute Gasteiger partial charge is 0.491 e. The molecule has 2 aromatic rings. The molecule has 1 fully saturated rings. The van der Waals surface area contributed by atoms with Gasteiger partial charge < -0.3 is 25.0 Å². The number of amides is 5. The summed E-state index contributed by atoms with van der Waals surface area (Å²) in [7, 11) is 1.52. The number of para-hydroxylation sites is 1. The summed E-state index contributed by atoms with van der Waals surface area (Å²) in [5.74, 6) is -0.178. The predicted octanol–water partition coefficient (Wildman–Crippen LogP) is 2.37. The normalized spacial score (nSPS) is 22.7. The second-order valence-corrected chi connectivity index (χ2v) is 8.95. The summed E-state index contributed by atoms with van der Waals surface area (Å²) < 4.78 is 11.5. The van der Waals surface area contributed by atoms with Crippen LogP contribution < -0.4 is 15.4 Å². The van der Waals surface area contributed by atoms with Gasteiger partial charge in [-0.2, -0.15) is 0 Å². The zero-order valence-corrected chi connectivity index (χ0v) is 19.5. The van der Waals surface area contributed by atoms with Crippen LogP contribution in [0.5, 0.6) is 5.75 Å². The van der Waals surface area contributed by atoms with Gasteiger partial charge >= 0.3 is 12.1 Å². The molecular weight excluding hydrogens is 452 g/mol. The van der Waals surface area contributed by atoms with Crippen LogP contribution in [-0.4, -0.2) is 60.0 Å². The molecule has 5 rings (SSSR count). The highest BCUT2D eigenvalue weighted by Gasteiger charge is 2.58. The molecule has 1 aliphatic carbocycles. The highest BCUT2D eigenvalue weighted by Crippen LogP contribution is 2.46. The molecule has 2 aliphatic heterocycles. The molecule has 1 saturated heterocycles. The van der Waals surface area contributed by atoms with Crippen LogP contribution in [0.1, 0.15) is 30.0 Å². The monoisotopic (exact) mass is 478 g/mol. The molecule has 2 aromatic carbocycles. The van der Waals surface area contributed by atoms with Crippen molar-refractivity contribution < 1.29 is 28.7 Å². The van der Waals surface area contributed by atoms with E-state index < -0.39 is 24.1 Å². The Morgan fingerprint density at radius 2 is 1.94 bits per heavy atom. The molecule has 2 N–H and O–H groups in total. The van der Waals surface area contributed by atoms with E-state index in [2.05, 4.69) is 10.6 Å². The van der Waals surface area contributed by atoms with Crippen molar-refractivity contribution in [2.24, 2.45) is 0 Å². The Balaban J connectivity index is 1.35. The summed E-state index contributed by atoms with van der Waals surface area (Å²) >= 11 is 0. The number of hydrogen-bond acceptors (Lipinski definition) is 6. The molecule has 182 valence electrons. The molecule has 0 radical (unpaired) electrons. The van der Waals surface area contributed by atoms with E-state index in [4.69, 9.17) is 9.47 Å². The zero-order chi connectivity index (χ0) is 24.7. The maximum Gasteiger partial charge on any atom is 0.418 e.